The first-order valence-corrected chi connectivity index (χ1v) is 2.34. The van der Waals surface area contributed by atoms with Crippen LogP contribution < -0.4 is 0 Å². The molecule has 2 nitrogen and oxygen atoms in total. The molecule has 0 heterocycles. The molecular weight excluding hydrogens is 106 g/mol. The Bertz CT molecular complexity index is 15.1. The number of rotatable bonds is 2. The molecular formula is CH6O2P2. The first kappa shape index (κ1) is 5.78. The van der Waals surface area contributed by atoms with Crippen LogP contribution in [0.2, 0.25) is 0 Å². The highest BCUT2D eigenvalue weighted by Gasteiger charge is 1.64. The van der Waals surface area contributed by atoms with Crippen molar-refractivity contribution in [3.63, 3.8) is 0 Å². The highest BCUT2D eigenvalue weighted by atomic mass is 31.1. The SMILES string of the molecule is COPOP. The van der Waals surface area contributed by atoms with Gasteiger partial charge in [-0.3, -0.25) is 0 Å². The van der Waals surface area contributed by atoms with Crippen LogP contribution in [0.15, 0.2) is 0 Å². The van der Waals surface area contributed by atoms with Gasteiger partial charge in [-0.1, -0.05) is 0 Å². The maximum Gasteiger partial charge on any atom is 0.157 e. The molecule has 0 saturated carbocycles. The molecule has 0 rings (SSSR count). The quantitative estimate of drug-likeness (QED) is 0.495. The van der Waals surface area contributed by atoms with Crippen molar-refractivity contribution in [3.8, 4) is 0 Å². The summed E-state index contributed by atoms with van der Waals surface area (Å²) in [4.78, 5) is 0. The van der Waals surface area contributed by atoms with Gasteiger partial charge in [0.2, 0.25) is 0 Å². The summed E-state index contributed by atoms with van der Waals surface area (Å²) in [6, 6.07) is 0. The summed E-state index contributed by atoms with van der Waals surface area (Å²) in [5, 5.41) is 0. The first-order valence-electron chi connectivity index (χ1n) is 1.05. The van der Waals surface area contributed by atoms with Crippen LogP contribution in [0.1, 0.15) is 0 Å². The van der Waals surface area contributed by atoms with Gasteiger partial charge in [0.15, 0.2) is 9.03 Å². The summed E-state index contributed by atoms with van der Waals surface area (Å²) in [6.07, 6.45) is 0. The lowest BCUT2D eigenvalue weighted by Gasteiger charge is -1.85. The van der Waals surface area contributed by atoms with Crippen LogP contribution >= 0.6 is 18.5 Å². The second-order valence-corrected chi connectivity index (χ2v) is 1.92. The van der Waals surface area contributed by atoms with E-state index in [0.29, 0.717) is 0 Å². The van der Waals surface area contributed by atoms with Gasteiger partial charge in [-0.15, -0.1) is 0 Å². The van der Waals surface area contributed by atoms with Crippen molar-refractivity contribution in [3.05, 3.63) is 0 Å². The van der Waals surface area contributed by atoms with E-state index in [2.05, 4.69) is 18.3 Å². The third-order valence-electron chi connectivity index (χ3n) is 0.131. The van der Waals surface area contributed by atoms with Gasteiger partial charge in [-0.2, -0.15) is 0 Å². The summed E-state index contributed by atoms with van der Waals surface area (Å²) >= 11 is 0. The van der Waals surface area contributed by atoms with Crippen LogP contribution in [0.4, 0.5) is 0 Å². The molecule has 0 radical (unpaired) electrons. The lowest BCUT2D eigenvalue weighted by Crippen LogP contribution is -1.53. The zero-order valence-corrected chi connectivity index (χ0v) is 5.05. The fourth-order valence-corrected chi connectivity index (χ4v) is 0.433. The Kier molecular flexibility index (Phi) is 5.53. The Labute approximate surface area is 35.5 Å². The summed E-state index contributed by atoms with van der Waals surface area (Å²) in [7, 11) is 3.83. The Hall–Kier alpha value is 0.780. The third-order valence-corrected chi connectivity index (χ3v) is 0.683. The van der Waals surface area contributed by atoms with Crippen LogP contribution in [-0.2, 0) is 8.83 Å². The van der Waals surface area contributed by atoms with E-state index in [9.17, 15) is 0 Å². The molecule has 2 atom stereocenters. The first-order chi connectivity index (χ1) is 2.41. The van der Waals surface area contributed by atoms with E-state index in [-0.39, 0.29) is 9.03 Å². The zero-order chi connectivity index (χ0) is 4.12. The maximum atomic E-state index is 4.48. The molecule has 0 aliphatic rings. The van der Waals surface area contributed by atoms with E-state index in [1.54, 1.807) is 7.11 Å². The minimum Gasteiger partial charge on any atom is -0.340 e. The Morgan fingerprint density at radius 2 is 2.40 bits per heavy atom. The lowest BCUT2D eigenvalue weighted by molar-refractivity contribution is 0.432. The molecule has 0 spiro atoms. The predicted molar refractivity (Wildman–Crippen MR) is 26.1 cm³/mol. The Balaban J connectivity index is 2.19. The van der Waals surface area contributed by atoms with Gasteiger partial charge in [0.1, 0.15) is 0 Å². The second kappa shape index (κ2) is 4.78. The molecule has 2 unspecified atom stereocenters. The molecule has 0 bridgehead atoms. The van der Waals surface area contributed by atoms with E-state index < -0.39 is 0 Å². The molecule has 4 heteroatoms. The summed E-state index contributed by atoms with van der Waals surface area (Å²) in [5.41, 5.74) is 0. The van der Waals surface area contributed by atoms with Crippen molar-refractivity contribution in [1.82, 2.24) is 0 Å². The van der Waals surface area contributed by atoms with Crippen LogP contribution in [0.25, 0.3) is 0 Å². The fourth-order valence-electron chi connectivity index (χ4n) is 0.0481. The number of hydrogen-bond donors (Lipinski definition) is 0. The van der Waals surface area contributed by atoms with Gasteiger partial charge >= 0.3 is 0 Å². The molecule has 0 aromatic rings. The van der Waals surface area contributed by atoms with E-state index >= 15 is 0 Å². The minimum absolute atomic E-state index is 0.160. The molecule has 32 valence electrons. The van der Waals surface area contributed by atoms with Gasteiger partial charge in [0.05, 0.1) is 0 Å². The summed E-state index contributed by atoms with van der Waals surface area (Å²) < 4.78 is 8.89. The van der Waals surface area contributed by atoms with Crippen molar-refractivity contribution in [1.29, 1.82) is 0 Å². The minimum atomic E-state index is 0.160. The van der Waals surface area contributed by atoms with Crippen molar-refractivity contribution < 1.29 is 8.83 Å². The standard InChI is InChI=1S/CH6O2P2/c1-2-5-3-4/h5H,4H2,1H3. The second-order valence-electron chi connectivity index (χ2n) is 0.405. The largest absolute Gasteiger partial charge is 0.340 e. The predicted octanol–water partition coefficient (Wildman–Crippen LogP) is 0.948. The fraction of sp³-hybridized carbons (Fsp3) is 1.00. The molecule has 0 N–H and O–H groups in total. The topological polar surface area (TPSA) is 18.5 Å². The van der Waals surface area contributed by atoms with Crippen LogP contribution in [-0.4, -0.2) is 7.11 Å². The molecule has 0 aromatic heterocycles. The van der Waals surface area contributed by atoms with E-state index in [1.165, 1.54) is 0 Å². The average molecular weight is 112 g/mol. The van der Waals surface area contributed by atoms with Gasteiger partial charge in [-0.25, -0.2) is 0 Å². The van der Waals surface area contributed by atoms with E-state index in [4.69, 9.17) is 0 Å². The molecule has 0 aromatic carbocycles. The van der Waals surface area contributed by atoms with Crippen LogP contribution in [0, 0.1) is 0 Å². The smallest absolute Gasteiger partial charge is 0.157 e. The van der Waals surface area contributed by atoms with Gasteiger partial charge in [0.25, 0.3) is 0 Å². The number of hydrogen-bond acceptors (Lipinski definition) is 2. The van der Waals surface area contributed by atoms with E-state index in [0.717, 1.165) is 0 Å². The molecule has 0 fully saturated rings. The van der Waals surface area contributed by atoms with Crippen molar-refractivity contribution in [2.75, 3.05) is 7.11 Å². The van der Waals surface area contributed by atoms with Crippen molar-refractivity contribution >= 4 is 18.5 Å². The van der Waals surface area contributed by atoms with Crippen LogP contribution in [0.3, 0.4) is 0 Å². The Morgan fingerprint density at radius 1 is 1.80 bits per heavy atom. The van der Waals surface area contributed by atoms with Gasteiger partial charge < -0.3 is 8.83 Å². The van der Waals surface area contributed by atoms with Crippen molar-refractivity contribution in [2.45, 2.75) is 0 Å². The molecule has 5 heavy (non-hydrogen) atoms. The molecule has 0 saturated heterocycles. The monoisotopic (exact) mass is 112 g/mol. The molecule has 0 aliphatic heterocycles. The molecule has 0 aliphatic carbocycles. The van der Waals surface area contributed by atoms with Crippen LogP contribution in [0.5, 0.6) is 0 Å². The van der Waals surface area contributed by atoms with Gasteiger partial charge in [0, 0.05) is 16.6 Å². The normalized spacial score (nSPS) is 10.8. The highest BCUT2D eigenvalue weighted by molar-refractivity contribution is 7.34. The maximum absolute atomic E-state index is 4.48. The summed E-state index contributed by atoms with van der Waals surface area (Å²) in [6.45, 7) is 0. The van der Waals surface area contributed by atoms with Gasteiger partial charge in [-0.05, 0) is 0 Å². The lowest BCUT2D eigenvalue weighted by atomic mass is 11.8. The Morgan fingerprint density at radius 3 is 2.40 bits per heavy atom. The highest BCUT2D eigenvalue weighted by Crippen LogP contribution is 2.13. The average Bonchev–Trinajstić information content (AvgIpc) is 1.41. The third kappa shape index (κ3) is 4.78. The summed E-state index contributed by atoms with van der Waals surface area (Å²) in [5.74, 6) is 0. The van der Waals surface area contributed by atoms with E-state index in [1.807, 2.05) is 0 Å². The zero-order valence-electron chi connectivity index (χ0n) is 2.89. The molecule has 0 amide bonds. The van der Waals surface area contributed by atoms with Crippen molar-refractivity contribution in [2.24, 2.45) is 0 Å².